The molecule has 0 spiro atoms. The van der Waals surface area contributed by atoms with Crippen LogP contribution < -0.4 is 19.5 Å². The molecular formula is C19H25NO4. The zero-order valence-corrected chi connectivity index (χ0v) is 14.4. The molecule has 0 saturated heterocycles. The molecule has 2 aromatic carbocycles. The maximum Gasteiger partial charge on any atom is 0.203 e. The van der Waals surface area contributed by atoms with E-state index in [4.69, 9.17) is 14.2 Å². The highest BCUT2D eigenvalue weighted by atomic mass is 16.5. The van der Waals surface area contributed by atoms with Crippen LogP contribution in [0.15, 0.2) is 42.5 Å². The van der Waals surface area contributed by atoms with Crippen molar-refractivity contribution >= 4 is 0 Å². The minimum absolute atomic E-state index is 0.387. The molecule has 0 aromatic heterocycles. The Morgan fingerprint density at radius 3 is 2.17 bits per heavy atom. The largest absolute Gasteiger partial charge is 0.493 e. The van der Waals surface area contributed by atoms with E-state index in [1.165, 1.54) is 0 Å². The smallest absolute Gasteiger partial charge is 0.203 e. The second-order valence-electron chi connectivity index (χ2n) is 5.58. The molecule has 0 saturated carbocycles. The van der Waals surface area contributed by atoms with Crippen molar-refractivity contribution in [3.05, 3.63) is 53.6 Å². The number of ether oxygens (including phenoxy) is 3. The van der Waals surface area contributed by atoms with E-state index in [-0.39, 0.29) is 6.10 Å². The summed E-state index contributed by atoms with van der Waals surface area (Å²) >= 11 is 0. The first-order valence-corrected chi connectivity index (χ1v) is 7.94. The summed E-state index contributed by atoms with van der Waals surface area (Å²) in [5.41, 5.74) is 2.07. The van der Waals surface area contributed by atoms with Crippen molar-refractivity contribution in [2.75, 3.05) is 20.8 Å². The zero-order chi connectivity index (χ0) is 17.4. The molecule has 0 bridgehead atoms. The van der Waals surface area contributed by atoms with E-state index < -0.39 is 0 Å². The van der Waals surface area contributed by atoms with E-state index in [9.17, 15) is 5.11 Å². The molecule has 0 aliphatic heterocycles. The fraction of sp³-hybridized carbons (Fsp3) is 0.368. The predicted octanol–water partition coefficient (Wildman–Crippen LogP) is 2.75. The molecule has 24 heavy (non-hydrogen) atoms. The molecule has 1 unspecified atom stereocenters. The van der Waals surface area contributed by atoms with Gasteiger partial charge in [-0.25, -0.2) is 0 Å². The number of aliphatic hydroxyl groups is 1. The van der Waals surface area contributed by atoms with Crippen LogP contribution >= 0.6 is 0 Å². The molecule has 2 rings (SSSR count). The fourth-order valence-corrected chi connectivity index (χ4v) is 2.33. The molecule has 1 atom stereocenters. The van der Waals surface area contributed by atoms with Crippen molar-refractivity contribution in [1.82, 2.24) is 5.32 Å². The summed E-state index contributed by atoms with van der Waals surface area (Å²) in [6.07, 6.45) is -0.387. The normalized spacial score (nSPS) is 11.8. The number of hydrogen-bond donors (Lipinski definition) is 2. The Hall–Kier alpha value is -2.24. The van der Waals surface area contributed by atoms with E-state index in [2.05, 4.69) is 5.32 Å². The summed E-state index contributed by atoms with van der Waals surface area (Å²) in [6.45, 7) is 3.31. The standard InChI is InChI=1S/C19H25NO4/c1-14(21)11-20-12-16-9-17(22-2)19(18(10-16)23-3)24-13-15-7-5-4-6-8-15/h4-10,14,20-21H,11-13H2,1-3H3. The third-order valence-electron chi connectivity index (χ3n) is 3.52. The molecule has 2 N–H and O–H groups in total. The van der Waals surface area contributed by atoms with Crippen molar-refractivity contribution in [3.63, 3.8) is 0 Å². The molecule has 0 heterocycles. The quantitative estimate of drug-likeness (QED) is 0.740. The van der Waals surface area contributed by atoms with Crippen LogP contribution in [0.4, 0.5) is 0 Å². The Morgan fingerprint density at radius 1 is 1.00 bits per heavy atom. The Morgan fingerprint density at radius 2 is 1.62 bits per heavy atom. The Kier molecular flexibility index (Phi) is 6.90. The second-order valence-corrected chi connectivity index (χ2v) is 5.58. The molecule has 0 radical (unpaired) electrons. The third kappa shape index (κ3) is 5.15. The number of benzene rings is 2. The average molecular weight is 331 g/mol. The van der Waals surface area contributed by atoms with Crippen LogP contribution in [0, 0.1) is 0 Å². The van der Waals surface area contributed by atoms with Gasteiger partial charge in [-0.3, -0.25) is 0 Å². The van der Waals surface area contributed by atoms with E-state index in [1.807, 2.05) is 42.5 Å². The van der Waals surface area contributed by atoms with E-state index in [0.29, 0.717) is 36.9 Å². The van der Waals surface area contributed by atoms with E-state index in [1.54, 1.807) is 21.1 Å². The number of rotatable bonds is 9. The topological polar surface area (TPSA) is 60.0 Å². The van der Waals surface area contributed by atoms with Crippen LogP contribution in [0.3, 0.4) is 0 Å². The van der Waals surface area contributed by atoms with Gasteiger partial charge < -0.3 is 24.6 Å². The summed E-state index contributed by atoms with van der Waals surface area (Å²) in [5.74, 6) is 1.83. The van der Waals surface area contributed by atoms with Gasteiger partial charge in [-0.1, -0.05) is 30.3 Å². The van der Waals surface area contributed by atoms with Crippen LogP contribution in [0.1, 0.15) is 18.1 Å². The van der Waals surface area contributed by atoms with Gasteiger partial charge >= 0.3 is 0 Å². The van der Waals surface area contributed by atoms with Crippen molar-refractivity contribution in [2.24, 2.45) is 0 Å². The van der Waals surface area contributed by atoms with Gasteiger partial charge in [-0.05, 0) is 30.2 Å². The lowest BCUT2D eigenvalue weighted by Gasteiger charge is -2.16. The molecular weight excluding hydrogens is 306 g/mol. The Bertz CT molecular complexity index is 604. The lowest BCUT2D eigenvalue weighted by molar-refractivity contribution is 0.191. The number of methoxy groups -OCH3 is 2. The number of aliphatic hydroxyl groups excluding tert-OH is 1. The Balaban J connectivity index is 2.14. The number of hydrogen-bond acceptors (Lipinski definition) is 5. The van der Waals surface area contributed by atoms with Crippen molar-refractivity contribution in [2.45, 2.75) is 26.2 Å². The zero-order valence-electron chi connectivity index (χ0n) is 14.4. The van der Waals surface area contributed by atoms with Crippen LogP contribution in [-0.2, 0) is 13.2 Å². The molecule has 2 aromatic rings. The van der Waals surface area contributed by atoms with Crippen molar-refractivity contribution in [3.8, 4) is 17.2 Å². The van der Waals surface area contributed by atoms with Crippen molar-refractivity contribution in [1.29, 1.82) is 0 Å². The molecule has 0 fully saturated rings. The Labute approximate surface area is 143 Å². The summed E-state index contributed by atoms with van der Waals surface area (Å²) in [6, 6.07) is 13.8. The maximum atomic E-state index is 9.32. The van der Waals surface area contributed by atoms with Gasteiger partial charge in [0.1, 0.15) is 6.61 Å². The second kappa shape index (κ2) is 9.15. The summed E-state index contributed by atoms with van der Waals surface area (Å²) in [4.78, 5) is 0. The minimum Gasteiger partial charge on any atom is -0.493 e. The molecule has 5 heteroatoms. The first-order valence-electron chi connectivity index (χ1n) is 7.94. The molecule has 0 amide bonds. The third-order valence-corrected chi connectivity index (χ3v) is 3.52. The van der Waals surface area contributed by atoms with Gasteiger partial charge in [0.05, 0.1) is 20.3 Å². The van der Waals surface area contributed by atoms with E-state index >= 15 is 0 Å². The van der Waals surface area contributed by atoms with Crippen molar-refractivity contribution < 1.29 is 19.3 Å². The molecule has 5 nitrogen and oxygen atoms in total. The SMILES string of the molecule is COc1cc(CNCC(C)O)cc(OC)c1OCc1ccccc1. The summed E-state index contributed by atoms with van der Waals surface area (Å²) in [5, 5.41) is 12.5. The van der Waals surface area contributed by atoms with Crippen LogP contribution in [0.25, 0.3) is 0 Å². The molecule has 0 aliphatic rings. The minimum atomic E-state index is -0.387. The molecule has 130 valence electrons. The summed E-state index contributed by atoms with van der Waals surface area (Å²) in [7, 11) is 3.22. The van der Waals surface area contributed by atoms with Gasteiger partial charge in [0.25, 0.3) is 0 Å². The average Bonchev–Trinajstić information content (AvgIpc) is 2.60. The van der Waals surface area contributed by atoms with Crippen LogP contribution in [0.2, 0.25) is 0 Å². The lowest BCUT2D eigenvalue weighted by atomic mass is 10.1. The fourth-order valence-electron chi connectivity index (χ4n) is 2.33. The first kappa shape index (κ1) is 18.1. The summed E-state index contributed by atoms with van der Waals surface area (Å²) < 4.78 is 16.8. The monoisotopic (exact) mass is 331 g/mol. The predicted molar refractivity (Wildman–Crippen MR) is 93.7 cm³/mol. The molecule has 0 aliphatic carbocycles. The number of nitrogens with one attached hydrogen (secondary N) is 1. The van der Waals surface area contributed by atoms with Gasteiger partial charge in [0.15, 0.2) is 11.5 Å². The highest BCUT2D eigenvalue weighted by molar-refractivity contribution is 5.54. The van der Waals surface area contributed by atoms with E-state index in [0.717, 1.165) is 11.1 Å². The van der Waals surface area contributed by atoms with Gasteiger partial charge in [0.2, 0.25) is 5.75 Å². The van der Waals surface area contributed by atoms with Crippen LogP contribution in [0.5, 0.6) is 17.2 Å². The van der Waals surface area contributed by atoms with Gasteiger partial charge in [-0.2, -0.15) is 0 Å². The van der Waals surface area contributed by atoms with Gasteiger partial charge in [-0.15, -0.1) is 0 Å². The highest BCUT2D eigenvalue weighted by Gasteiger charge is 2.14. The highest BCUT2D eigenvalue weighted by Crippen LogP contribution is 2.39. The maximum absolute atomic E-state index is 9.32. The first-order chi connectivity index (χ1) is 11.6. The van der Waals surface area contributed by atoms with Gasteiger partial charge in [0, 0.05) is 13.1 Å². The lowest BCUT2D eigenvalue weighted by Crippen LogP contribution is -2.23. The van der Waals surface area contributed by atoms with Crippen LogP contribution in [-0.4, -0.2) is 32.0 Å².